The van der Waals surface area contributed by atoms with Gasteiger partial charge in [0.2, 0.25) is 5.91 Å². The second kappa shape index (κ2) is 6.57. The molecule has 1 saturated carbocycles. The van der Waals surface area contributed by atoms with Gasteiger partial charge in [0.15, 0.2) is 0 Å². The quantitative estimate of drug-likeness (QED) is 0.831. The van der Waals surface area contributed by atoms with Crippen molar-refractivity contribution in [3.63, 3.8) is 0 Å². The Hall–Kier alpha value is -1.10. The maximum Gasteiger partial charge on any atom is 0.309 e. The van der Waals surface area contributed by atoms with E-state index in [0.717, 1.165) is 12.8 Å². The van der Waals surface area contributed by atoms with Gasteiger partial charge in [0, 0.05) is 25.2 Å². The van der Waals surface area contributed by atoms with Crippen LogP contribution < -0.4 is 0 Å². The summed E-state index contributed by atoms with van der Waals surface area (Å²) in [6.45, 7) is 5.54. The van der Waals surface area contributed by atoms with Gasteiger partial charge in [0.1, 0.15) is 0 Å². The van der Waals surface area contributed by atoms with E-state index in [1.807, 2.05) is 9.80 Å². The number of hydrogen-bond acceptors (Lipinski definition) is 3. The third-order valence-corrected chi connectivity index (χ3v) is 4.48. The first-order valence-corrected chi connectivity index (χ1v) is 7.75. The molecule has 0 atom stereocenters. The predicted octanol–water partition coefficient (Wildman–Crippen LogP) is 1.57. The van der Waals surface area contributed by atoms with Gasteiger partial charge >= 0.3 is 5.97 Å². The predicted molar refractivity (Wildman–Crippen MR) is 76.4 cm³/mol. The average molecular weight is 282 g/mol. The maximum absolute atomic E-state index is 12.5. The van der Waals surface area contributed by atoms with Crippen LogP contribution in [0.15, 0.2) is 0 Å². The number of carboxylic acids is 1. The van der Waals surface area contributed by atoms with Crippen molar-refractivity contribution in [1.29, 1.82) is 0 Å². The number of carbonyl (C=O) groups is 2. The van der Waals surface area contributed by atoms with E-state index in [4.69, 9.17) is 5.11 Å². The van der Waals surface area contributed by atoms with Crippen LogP contribution in [0.5, 0.6) is 0 Å². The SMILES string of the molecule is CC(C)N(C(=O)CN1CC(C(=O)O)C1)C1CCCCC1. The summed E-state index contributed by atoms with van der Waals surface area (Å²) >= 11 is 0. The smallest absolute Gasteiger partial charge is 0.309 e. The lowest BCUT2D eigenvalue weighted by Crippen LogP contribution is -2.56. The molecule has 5 heteroatoms. The van der Waals surface area contributed by atoms with Crippen LogP contribution in [0.2, 0.25) is 0 Å². The first kappa shape index (κ1) is 15.3. The van der Waals surface area contributed by atoms with Crippen molar-refractivity contribution in [2.24, 2.45) is 5.92 Å². The topological polar surface area (TPSA) is 60.9 Å². The van der Waals surface area contributed by atoms with Crippen molar-refractivity contribution >= 4 is 11.9 Å². The highest BCUT2D eigenvalue weighted by atomic mass is 16.4. The lowest BCUT2D eigenvalue weighted by atomic mass is 9.93. The molecule has 0 spiro atoms. The molecule has 0 radical (unpaired) electrons. The molecular weight excluding hydrogens is 256 g/mol. The first-order valence-electron chi connectivity index (χ1n) is 7.75. The molecule has 20 heavy (non-hydrogen) atoms. The Balaban J connectivity index is 1.86. The molecule has 114 valence electrons. The summed E-state index contributed by atoms with van der Waals surface area (Å²) in [5.41, 5.74) is 0. The molecule has 1 amide bonds. The zero-order valence-electron chi connectivity index (χ0n) is 12.5. The average Bonchev–Trinajstić information content (AvgIpc) is 2.33. The van der Waals surface area contributed by atoms with E-state index in [2.05, 4.69) is 13.8 Å². The number of aliphatic carboxylic acids is 1. The van der Waals surface area contributed by atoms with Gasteiger partial charge in [-0.2, -0.15) is 0 Å². The van der Waals surface area contributed by atoms with Crippen molar-refractivity contribution < 1.29 is 14.7 Å². The number of carboxylic acid groups (broad SMARTS) is 1. The van der Waals surface area contributed by atoms with E-state index in [9.17, 15) is 9.59 Å². The molecule has 1 heterocycles. The Labute approximate surface area is 120 Å². The van der Waals surface area contributed by atoms with E-state index in [1.165, 1.54) is 19.3 Å². The van der Waals surface area contributed by atoms with Gasteiger partial charge in [-0.05, 0) is 26.7 Å². The van der Waals surface area contributed by atoms with Gasteiger partial charge < -0.3 is 10.0 Å². The third-order valence-electron chi connectivity index (χ3n) is 4.48. The molecule has 0 unspecified atom stereocenters. The molecule has 1 aliphatic heterocycles. The first-order chi connectivity index (χ1) is 9.49. The van der Waals surface area contributed by atoms with Gasteiger partial charge in [0.25, 0.3) is 0 Å². The van der Waals surface area contributed by atoms with Crippen LogP contribution in [0.3, 0.4) is 0 Å². The van der Waals surface area contributed by atoms with Crippen LogP contribution in [-0.4, -0.2) is 58.5 Å². The van der Waals surface area contributed by atoms with E-state index < -0.39 is 5.97 Å². The summed E-state index contributed by atoms with van der Waals surface area (Å²) in [5.74, 6) is -0.873. The summed E-state index contributed by atoms with van der Waals surface area (Å²) in [6, 6.07) is 0.606. The van der Waals surface area contributed by atoms with Crippen LogP contribution in [0.25, 0.3) is 0 Å². The van der Waals surface area contributed by atoms with E-state index in [-0.39, 0.29) is 17.9 Å². The lowest BCUT2D eigenvalue weighted by Gasteiger charge is -2.41. The van der Waals surface area contributed by atoms with Gasteiger partial charge in [0.05, 0.1) is 12.5 Å². The zero-order valence-corrected chi connectivity index (χ0v) is 12.5. The molecule has 1 aliphatic carbocycles. The van der Waals surface area contributed by atoms with E-state index >= 15 is 0 Å². The fraction of sp³-hybridized carbons (Fsp3) is 0.867. The minimum absolute atomic E-state index is 0.163. The van der Waals surface area contributed by atoms with Crippen LogP contribution in [-0.2, 0) is 9.59 Å². The van der Waals surface area contributed by atoms with Crippen molar-refractivity contribution in [3.8, 4) is 0 Å². The zero-order chi connectivity index (χ0) is 14.7. The molecule has 0 aromatic heterocycles. The number of amides is 1. The summed E-state index contributed by atoms with van der Waals surface area (Å²) < 4.78 is 0. The van der Waals surface area contributed by atoms with Crippen LogP contribution in [0.4, 0.5) is 0 Å². The molecule has 2 rings (SSSR count). The highest BCUT2D eigenvalue weighted by Gasteiger charge is 2.35. The normalized spacial score (nSPS) is 21.8. The number of hydrogen-bond donors (Lipinski definition) is 1. The molecule has 2 aliphatic rings. The van der Waals surface area contributed by atoms with Gasteiger partial charge in [-0.1, -0.05) is 19.3 Å². The number of rotatable bonds is 5. The Morgan fingerprint density at radius 1 is 1.20 bits per heavy atom. The summed E-state index contributed by atoms with van der Waals surface area (Å²) in [4.78, 5) is 27.3. The highest BCUT2D eigenvalue weighted by Crippen LogP contribution is 2.25. The fourth-order valence-corrected chi connectivity index (χ4v) is 3.40. The number of likely N-dealkylation sites (tertiary alicyclic amines) is 1. The second-order valence-corrected chi connectivity index (χ2v) is 6.42. The summed E-state index contributed by atoms with van der Waals surface area (Å²) in [7, 11) is 0. The molecule has 5 nitrogen and oxygen atoms in total. The van der Waals surface area contributed by atoms with Gasteiger partial charge in [-0.3, -0.25) is 14.5 Å². The summed E-state index contributed by atoms with van der Waals surface area (Å²) in [5, 5.41) is 8.86. The van der Waals surface area contributed by atoms with Crippen LogP contribution in [0, 0.1) is 5.92 Å². The molecule has 2 fully saturated rings. The largest absolute Gasteiger partial charge is 0.481 e. The second-order valence-electron chi connectivity index (χ2n) is 6.42. The van der Waals surface area contributed by atoms with E-state index in [0.29, 0.717) is 25.7 Å². The Bertz CT molecular complexity index is 358. The Morgan fingerprint density at radius 2 is 1.80 bits per heavy atom. The third kappa shape index (κ3) is 3.51. The number of nitrogens with zero attached hydrogens (tertiary/aromatic N) is 2. The maximum atomic E-state index is 12.5. The molecular formula is C15H26N2O3. The summed E-state index contributed by atoms with van der Waals surface area (Å²) in [6.07, 6.45) is 5.93. The molecule has 0 aromatic carbocycles. The Kier molecular flexibility index (Phi) is 5.02. The molecule has 1 saturated heterocycles. The van der Waals surface area contributed by atoms with Crippen molar-refractivity contribution in [2.75, 3.05) is 19.6 Å². The van der Waals surface area contributed by atoms with Crippen molar-refractivity contribution in [3.05, 3.63) is 0 Å². The lowest BCUT2D eigenvalue weighted by molar-refractivity contribution is -0.151. The Morgan fingerprint density at radius 3 is 2.30 bits per heavy atom. The highest BCUT2D eigenvalue weighted by molar-refractivity contribution is 5.79. The van der Waals surface area contributed by atoms with E-state index in [1.54, 1.807) is 0 Å². The molecule has 0 bridgehead atoms. The van der Waals surface area contributed by atoms with Crippen molar-refractivity contribution in [1.82, 2.24) is 9.80 Å². The minimum Gasteiger partial charge on any atom is -0.481 e. The fourth-order valence-electron chi connectivity index (χ4n) is 3.40. The van der Waals surface area contributed by atoms with Crippen LogP contribution >= 0.6 is 0 Å². The minimum atomic E-state index is -0.748. The standard InChI is InChI=1S/C15H26N2O3/c1-11(2)17(13-6-4-3-5-7-13)14(18)10-16-8-12(9-16)15(19)20/h11-13H,3-10H2,1-2H3,(H,19,20). The number of carbonyl (C=O) groups excluding carboxylic acids is 1. The van der Waals surface area contributed by atoms with Crippen LogP contribution in [0.1, 0.15) is 46.0 Å². The molecule has 1 N–H and O–H groups in total. The molecule has 0 aromatic rings. The monoisotopic (exact) mass is 282 g/mol. The van der Waals surface area contributed by atoms with Gasteiger partial charge in [-0.15, -0.1) is 0 Å². The van der Waals surface area contributed by atoms with Gasteiger partial charge in [-0.25, -0.2) is 0 Å². The van der Waals surface area contributed by atoms with Crippen molar-refractivity contribution in [2.45, 2.75) is 58.0 Å².